The standard InChI is InChI=1S/C6H6Si/c1-2-6-4-3-5(1)7-6/h1-6H/q+1. The van der Waals surface area contributed by atoms with E-state index in [0.29, 0.717) is 0 Å². The Hall–Kier alpha value is -0.303. The van der Waals surface area contributed by atoms with Crippen molar-refractivity contribution in [2.24, 2.45) is 0 Å². The van der Waals surface area contributed by atoms with Crippen LogP contribution < -0.4 is 0 Å². The SMILES string of the molecule is C1=CC2C=CC1[Si+]2. The summed E-state index contributed by atoms with van der Waals surface area (Å²) < 4.78 is 0. The van der Waals surface area contributed by atoms with Crippen LogP contribution in [0.15, 0.2) is 24.3 Å². The van der Waals surface area contributed by atoms with Gasteiger partial charge >= 0.3 is 9.52 Å². The molecule has 7 heavy (non-hydrogen) atoms. The van der Waals surface area contributed by atoms with Crippen LogP contribution in [0, 0.1) is 0 Å². The smallest absolute Gasteiger partial charge is 0.0459 e. The van der Waals surface area contributed by atoms with Crippen LogP contribution in [0.25, 0.3) is 0 Å². The van der Waals surface area contributed by atoms with Crippen molar-refractivity contribution in [1.29, 1.82) is 0 Å². The minimum atomic E-state index is 0.838. The van der Waals surface area contributed by atoms with E-state index < -0.39 is 0 Å². The molecule has 2 aliphatic rings. The molecule has 0 unspecified atom stereocenters. The van der Waals surface area contributed by atoms with Gasteiger partial charge in [0.1, 0.15) is 11.1 Å². The summed E-state index contributed by atoms with van der Waals surface area (Å²) in [5.41, 5.74) is 1.68. The Bertz CT molecular complexity index is 107. The first kappa shape index (κ1) is 3.67. The zero-order valence-electron chi connectivity index (χ0n) is 3.96. The lowest BCUT2D eigenvalue weighted by molar-refractivity contribution is 1.34. The number of hydrogen-bond donors (Lipinski definition) is 0. The van der Waals surface area contributed by atoms with Gasteiger partial charge in [0, 0.05) is 0 Å². The first-order valence-electron chi connectivity index (χ1n) is 2.58. The maximum absolute atomic E-state index is 2.31. The van der Waals surface area contributed by atoms with E-state index in [9.17, 15) is 0 Å². The van der Waals surface area contributed by atoms with E-state index in [1.165, 1.54) is 0 Å². The quantitative estimate of drug-likeness (QED) is 0.323. The molecule has 0 amide bonds. The summed E-state index contributed by atoms with van der Waals surface area (Å²) in [5.74, 6) is 0. The Kier molecular flexibility index (Phi) is 0.576. The third-order valence-corrected chi connectivity index (χ3v) is 2.98. The number of hydrogen-bond acceptors (Lipinski definition) is 0. The molecular weight excluding hydrogens is 100 g/mol. The average Bonchev–Trinajstić information content (AvgIpc) is 2.22. The van der Waals surface area contributed by atoms with Gasteiger partial charge in [0.05, 0.1) is 0 Å². The molecule has 0 spiro atoms. The zero-order chi connectivity index (χ0) is 4.69. The molecule has 2 aliphatic heterocycles. The van der Waals surface area contributed by atoms with Crippen molar-refractivity contribution in [2.45, 2.75) is 11.1 Å². The van der Waals surface area contributed by atoms with Crippen LogP contribution in [0.5, 0.6) is 0 Å². The predicted octanol–water partition coefficient (Wildman–Crippen LogP) is 1.41. The second-order valence-corrected chi connectivity index (χ2v) is 3.65. The van der Waals surface area contributed by atoms with Crippen LogP contribution in [-0.4, -0.2) is 9.52 Å². The Morgan fingerprint density at radius 2 is 1.29 bits per heavy atom. The molecule has 0 aliphatic carbocycles. The number of rotatable bonds is 0. The molecule has 0 atom stereocenters. The van der Waals surface area contributed by atoms with Crippen molar-refractivity contribution < 1.29 is 0 Å². The van der Waals surface area contributed by atoms with E-state index in [-0.39, 0.29) is 0 Å². The van der Waals surface area contributed by atoms with E-state index in [0.717, 1.165) is 20.6 Å². The highest BCUT2D eigenvalue weighted by Crippen LogP contribution is 2.33. The maximum atomic E-state index is 2.31. The molecule has 2 bridgehead atoms. The molecule has 0 aromatic carbocycles. The van der Waals surface area contributed by atoms with Gasteiger partial charge in [-0.3, -0.25) is 0 Å². The van der Waals surface area contributed by atoms with Gasteiger partial charge in [-0.25, -0.2) is 0 Å². The van der Waals surface area contributed by atoms with Crippen LogP contribution >= 0.6 is 0 Å². The van der Waals surface area contributed by atoms with Gasteiger partial charge in [-0.15, -0.1) is 0 Å². The van der Waals surface area contributed by atoms with E-state index >= 15 is 0 Å². The van der Waals surface area contributed by atoms with Gasteiger partial charge in [0.15, 0.2) is 0 Å². The fourth-order valence-electron chi connectivity index (χ4n) is 1.05. The molecule has 33 valence electrons. The van der Waals surface area contributed by atoms with E-state index in [2.05, 4.69) is 24.3 Å². The fourth-order valence-corrected chi connectivity index (χ4v) is 2.38. The Balaban J connectivity index is 2.38. The predicted molar refractivity (Wildman–Crippen MR) is 31.5 cm³/mol. The summed E-state index contributed by atoms with van der Waals surface area (Å²) in [7, 11) is 1.15. The van der Waals surface area contributed by atoms with Gasteiger partial charge in [-0.05, 0) is 24.3 Å². The highest BCUT2D eigenvalue weighted by atomic mass is 28.2. The minimum absolute atomic E-state index is 0.838. The van der Waals surface area contributed by atoms with Crippen molar-refractivity contribution in [3.05, 3.63) is 24.3 Å². The monoisotopic (exact) mass is 106 g/mol. The van der Waals surface area contributed by atoms with Gasteiger partial charge in [-0.2, -0.15) is 0 Å². The molecule has 2 heterocycles. The van der Waals surface area contributed by atoms with Crippen molar-refractivity contribution in [1.82, 2.24) is 0 Å². The zero-order valence-corrected chi connectivity index (χ0v) is 4.96. The summed E-state index contributed by atoms with van der Waals surface area (Å²) in [5, 5.41) is 0. The van der Waals surface area contributed by atoms with E-state index in [4.69, 9.17) is 0 Å². The first-order chi connectivity index (χ1) is 3.45. The van der Waals surface area contributed by atoms with Crippen LogP contribution in [0.4, 0.5) is 0 Å². The summed E-state index contributed by atoms with van der Waals surface area (Å²) in [6, 6.07) is 0. The number of allylic oxidation sites excluding steroid dienone is 4. The lowest BCUT2D eigenvalue weighted by atomic mass is 10.2. The third kappa shape index (κ3) is 0.415. The van der Waals surface area contributed by atoms with E-state index in [1.54, 1.807) is 0 Å². The van der Waals surface area contributed by atoms with Crippen molar-refractivity contribution in [3.8, 4) is 0 Å². The van der Waals surface area contributed by atoms with Gasteiger partial charge in [-0.1, -0.05) is 0 Å². The Morgan fingerprint density at radius 1 is 0.857 bits per heavy atom. The molecule has 0 fully saturated rings. The van der Waals surface area contributed by atoms with Gasteiger partial charge in [0.2, 0.25) is 0 Å². The largest absolute Gasteiger partial charge is 0.505 e. The topological polar surface area (TPSA) is 0 Å². The van der Waals surface area contributed by atoms with Crippen LogP contribution in [0.2, 0.25) is 11.1 Å². The summed E-state index contributed by atoms with van der Waals surface area (Å²) >= 11 is 0. The first-order valence-corrected chi connectivity index (χ1v) is 3.73. The lowest BCUT2D eigenvalue weighted by Gasteiger charge is -1.79. The Morgan fingerprint density at radius 3 is 1.43 bits per heavy atom. The van der Waals surface area contributed by atoms with Crippen LogP contribution in [0.3, 0.4) is 0 Å². The van der Waals surface area contributed by atoms with Crippen LogP contribution in [-0.2, 0) is 0 Å². The summed E-state index contributed by atoms with van der Waals surface area (Å²) in [6.45, 7) is 0. The van der Waals surface area contributed by atoms with Crippen molar-refractivity contribution in [2.75, 3.05) is 0 Å². The summed E-state index contributed by atoms with van der Waals surface area (Å²) in [6.07, 6.45) is 9.23. The molecule has 0 N–H and O–H groups in total. The van der Waals surface area contributed by atoms with Gasteiger partial charge in [0.25, 0.3) is 0 Å². The average molecular weight is 106 g/mol. The third-order valence-electron chi connectivity index (χ3n) is 1.44. The molecule has 0 saturated heterocycles. The lowest BCUT2D eigenvalue weighted by Crippen LogP contribution is -1.86. The van der Waals surface area contributed by atoms with Crippen LogP contribution in [0.1, 0.15) is 0 Å². The van der Waals surface area contributed by atoms with Gasteiger partial charge < -0.3 is 0 Å². The minimum Gasteiger partial charge on any atom is -0.0459 e. The molecule has 2 rings (SSSR count). The normalized spacial score (nSPS) is 42.3. The molecule has 1 radical (unpaired) electrons. The second kappa shape index (κ2) is 1.10. The number of fused-ring (bicyclic) bond motifs is 2. The molecule has 0 saturated carbocycles. The molecule has 1 heteroatoms. The molecule has 0 aromatic rings. The Labute approximate surface area is 45.7 Å². The highest BCUT2D eigenvalue weighted by Gasteiger charge is 2.38. The van der Waals surface area contributed by atoms with Crippen molar-refractivity contribution >= 4 is 9.52 Å². The summed E-state index contributed by atoms with van der Waals surface area (Å²) in [4.78, 5) is 0. The molecular formula is C6H6Si+. The highest BCUT2D eigenvalue weighted by molar-refractivity contribution is 6.45. The molecule has 0 nitrogen and oxygen atoms in total. The fraction of sp³-hybridized carbons (Fsp3) is 0.333. The van der Waals surface area contributed by atoms with Crippen molar-refractivity contribution in [3.63, 3.8) is 0 Å². The van der Waals surface area contributed by atoms with E-state index in [1.807, 2.05) is 0 Å². The second-order valence-electron chi connectivity index (χ2n) is 1.99. The molecule has 0 aromatic heterocycles. The maximum Gasteiger partial charge on any atom is 0.505 e.